The van der Waals surface area contributed by atoms with E-state index in [0.717, 1.165) is 49.9 Å². The van der Waals surface area contributed by atoms with E-state index in [2.05, 4.69) is 57.8 Å². The Kier molecular flexibility index (Phi) is 13.0. The number of H-pyrrole nitrogens is 1. The summed E-state index contributed by atoms with van der Waals surface area (Å²) in [7, 11) is 0. The largest absolute Gasteiger partial charge is 0.478 e. The molecule has 4 rings (SSSR count). The molecule has 0 unspecified atom stereocenters. The molecule has 0 spiro atoms. The number of nitrogens with two attached hydrogens (primary N) is 1. The van der Waals surface area contributed by atoms with Crippen LogP contribution >= 0.6 is 0 Å². The minimum absolute atomic E-state index is 0.228. The standard InChI is InChI=1S/C35H48N5O3/c36-35-38-22-20-32(40-35)30(25-34(42)43)31(39-33-15-11-21-37-33)19-18-27(12-7-5-3-1-2-4-6-10-23-41)29-17-16-26-13-8-9-14-28(26)24-29/h8-9,11,13-17,21,24-25,27,31-32,37,41H,1-7,10,12,18-20,22-23H2,(H,42,43)(H3,36,38,40)/q-1/b30-25-/t27-,31-,32+/m0/s1. The van der Waals surface area contributed by atoms with Crippen LogP contribution in [-0.2, 0) is 4.79 Å². The molecule has 232 valence electrons. The number of aliphatic hydroxyl groups is 1. The van der Waals surface area contributed by atoms with E-state index < -0.39 is 5.97 Å². The van der Waals surface area contributed by atoms with Gasteiger partial charge in [0.2, 0.25) is 0 Å². The van der Waals surface area contributed by atoms with E-state index in [4.69, 9.17) is 16.2 Å². The molecule has 1 aliphatic heterocycles. The van der Waals surface area contributed by atoms with Gasteiger partial charge in [-0.2, -0.15) is 0 Å². The molecule has 0 saturated heterocycles. The quantitative estimate of drug-likeness (QED) is 0.0741. The zero-order valence-electron chi connectivity index (χ0n) is 25.3. The van der Waals surface area contributed by atoms with E-state index in [1.165, 1.54) is 54.5 Å². The molecule has 0 amide bonds. The van der Waals surface area contributed by atoms with Crippen molar-refractivity contribution in [3.63, 3.8) is 0 Å². The molecule has 2 aromatic carbocycles. The van der Waals surface area contributed by atoms with Crippen LogP contribution in [0.25, 0.3) is 16.1 Å². The molecule has 0 aliphatic carbocycles. The van der Waals surface area contributed by atoms with Crippen LogP contribution in [-0.4, -0.2) is 52.4 Å². The van der Waals surface area contributed by atoms with E-state index >= 15 is 0 Å². The number of aromatic amines is 1. The van der Waals surface area contributed by atoms with Crippen molar-refractivity contribution < 1.29 is 15.0 Å². The van der Waals surface area contributed by atoms with Crippen molar-refractivity contribution in [2.75, 3.05) is 13.2 Å². The number of nitrogens with zero attached hydrogens (tertiary/aromatic N) is 2. The van der Waals surface area contributed by atoms with Crippen molar-refractivity contribution in [1.82, 2.24) is 10.3 Å². The van der Waals surface area contributed by atoms with Crippen molar-refractivity contribution >= 4 is 28.5 Å². The van der Waals surface area contributed by atoms with Crippen LogP contribution in [0.5, 0.6) is 0 Å². The van der Waals surface area contributed by atoms with Gasteiger partial charge in [0.25, 0.3) is 0 Å². The van der Waals surface area contributed by atoms with Crippen LogP contribution in [0.3, 0.4) is 0 Å². The third-order valence-corrected chi connectivity index (χ3v) is 8.47. The van der Waals surface area contributed by atoms with Gasteiger partial charge < -0.3 is 31.6 Å². The molecule has 2 heterocycles. The number of aliphatic imine (C=N–C) groups is 1. The van der Waals surface area contributed by atoms with Gasteiger partial charge in [-0.3, -0.25) is 4.99 Å². The van der Waals surface area contributed by atoms with Crippen LogP contribution < -0.4 is 11.1 Å². The Morgan fingerprint density at radius 3 is 2.40 bits per heavy atom. The highest BCUT2D eigenvalue weighted by Crippen LogP contribution is 2.35. The minimum atomic E-state index is -0.980. The molecule has 3 atom stereocenters. The van der Waals surface area contributed by atoms with Crippen molar-refractivity contribution in [3.05, 3.63) is 83.3 Å². The Labute approximate surface area is 255 Å². The second kappa shape index (κ2) is 17.4. The average Bonchev–Trinajstić information content (AvgIpc) is 3.53. The predicted molar refractivity (Wildman–Crippen MR) is 176 cm³/mol. The molecular weight excluding hydrogens is 538 g/mol. The highest BCUT2D eigenvalue weighted by Gasteiger charge is 2.25. The highest BCUT2D eigenvalue weighted by atomic mass is 16.4. The fourth-order valence-corrected chi connectivity index (χ4v) is 6.17. The molecule has 0 bridgehead atoms. The van der Waals surface area contributed by atoms with Crippen molar-refractivity contribution in [2.45, 2.75) is 95.1 Å². The molecule has 6 N–H and O–H groups in total. The lowest BCUT2D eigenvalue weighted by Crippen LogP contribution is -2.46. The number of carbonyl (C=O) groups is 1. The van der Waals surface area contributed by atoms with Gasteiger partial charge in [-0.15, -0.1) is 0 Å². The first-order valence-corrected chi connectivity index (χ1v) is 16.0. The number of aromatic nitrogens is 1. The van der Waals surface area contributed by atoms with Crippen LogP contribution in [0.2, 0.25) is 0 Å². The van der Waals surface area contributed by atoms with Gasteiger partial charge in [-0.05, 0) is 66.0 Å². The van der Waals surface area contributed by atoms with Gasteiger partial charge in [0.05, 0.1) is 6.04 Å². The zero-order chi connectivity index (χ0) is 30.3. The van der Waals surface area contributed by atoms with Gasteiger partial charge >= 0.3 is 5.97 Å². The predicted octanol–water partition coefficient (Wildman–Crippen LogP) is 7.30. The molecule has 8 nitrogen and oxygen atoms in total. The Balaban J connectivity index is 1.49. The number of aliphatic hydroxyl groups excluding tert-OH is 1. The van der Waals surface area contributed by atoms with E-state index in [9.17, 15) is 9.90 Å². The first-order valence-electron chi connectivity index (χ1n) is 16.0. The number of carboxylic acids is 1. The summed E-state index contributed by atoms with van der Waals surface area (Å²) in [5.41, 5.74) is 8.08. The number of fused-ring (bicyclic) bond motifs is 1. The van der Waals surface area contributed by atoms with E-state index in [-0.39, 0.29) is 12.1 Å². The zero-order valence-corrected chi connectivity index (χ0v) is 25.3. The number of hydrogen-bond donors (Lipinski definition) is 5. The number of benzene rings is 2. The summed E-state index contributed by atoms with van der Waals surface area (Å²) < 4.78 is 0. The number of rotatable bonds is 19. The van der Waals surface area contributed by atoms with Gasteiger partial charge in [-0.1, -0.05) is 112 Å². The number of guanidine groups is 1. The molecule has 8 heteroatoms. The number of aliphatic carboxylic acids is 1. The van der Waals surface area contributed by atoms with Crippen LogP contribution in [0.15, 0.2) is 77.4 Å². The fraction of sp³-hybridized carbons (Fsp3) is 0.486. The lowest BCUT2D eigenvalue weighted by Gasteiger charge is -2.35. The van der Waals surface area contributed by atoms with Crippen LogP contribution in [0.1, 0.15) is 88.5 Å². The van der Waals surface area contributed by atoms with Crippen LogP contribution in [0, 0.1) is 0 Å². The second-order valence-corrected chi connectivity index (χ2v) is 11.7. The SMILES string of the molecule is NC1=NCC[C@H](/C(=C\C(=O)O)[C@H](CC[C@H](CCCCCCCCCCO)c2ccc3ccccc3c2)[N-]c2ccc[nH]2)N1. The first-order chi connectivity index (χ1) is 21.0. The van der Waals surface area contributed by atoms with E-state index in [0.29, 0.717) is 31.4 Å². The Morgan fingerprint density at radius 2 is 1.70 bits per heavy atom. The maximum Gasteiger partial charge on any atom is 0.328 e. The normalized spacial score (nSPS) is 16.8. The minimum Gasteiger partial charge on any atom is -0.478 e. The average molecular weight is 587 g/mol. The molecule has 3 aromatic rings. The Hall–Kier alpha value is -3.78. The second-order valence-electron chi connectivity index (χ2n) is 11.7. The first kappa shape index (κ1) is 32.1. The van der Waals surface area contributed by atoms with Crippen molar-refractivity contribution in [3.8, 4) is 0 Å². The van der Waals surface area contributed by atoms with Crippen molar-refractivity contribution in [1.29, 1.82) is 0 Å². The molecule has 1 aromatic heterocycles. The maximum absolute atomic E-state index is 12.0. The number of unbranched alkanes of at least 4 members (excludes halogenated alkanes) is 7. The maximum atomic E-state index is 12.0. The van der Waals surface area contributed by atoms with Crippen molar-refractivity contribution in [2.24, 2.45) is 10.7 Å². The molecular formula is C35H48N5O3-. The van der Waals surface area contributed by atoms with Gasteiger partial charge in [0, 0.05) is 19.2 Å². The van der Waals surface area contributed by atoms with Gasteiger partial charge in [0.15, 0.2) is 5.96 Å². The summed E-state index contributed by atoms with van der Waals surface area (Å²) in [6.07, 6.45) is 15.8. The highest BCUT2D eigenvalue weighted by molar-refractivity contribution is 5.84. The molecule has 1 aliphatic rings. The summed E-state index contributed by atoms with van der Waals surface area (Å²) in [4.78, 5) is 19.4. The Bertz CT molecular complexity index is 1320. The Morgan fingerprint density at radius 1 is 0.953 bits per heavy atom. The smallest absolute Gasteiger partial charge is 0.328 e. The van der Waals surface area contributed by atoms with Gasteiger partial charge in [-0.25, -0.2) is 4.79 Å². The number of nitrogens with one attached hydrogen (secondary N) is 2. The van der Waals surface area contributed by atoms with E-state index in [1.54, 1.807) is 0 Å². The molecule has 0 saturated carbocycles. The van der Waals surface area contributed by atoms with Crippen LogP contribution in [0.4, 0.5) is 5.82 Å². The third kappa shape index (κ3) is 10.5. The molecule has 0 radical (unpaired) electrons. The summed E-state index contributed by atoms with van der Waals surface area (Å²) >= 11 is 0. The summed E-state index contributed by atoms with van der Waals surface area (Å²) in [5.74, 6) is 0.438. The topological polar surface area (TPSA) is 138 Å². The fourth-order valence-electron chi connectivity index (χ4n) is 6.17. The van der Waals surface area contributed by atoms with E-state index in [1.807, 2.05) is 18.3 Å². The number of carboxylic acid groups (broad SMARTS) is 1. The number of hydrogen-bond acceptors (Lipinski definition) is 5. The summed E-state index contributed by atoms with van der Waals surface area (Å²) in [5, 5.41) is 29.5. The lowest BCUT2D eigenvalue weighted by atomic mass is 9.84. The summed E-state index contributed by atoms with van der Waals surface area (Å²) in [6.45, 7) is 0.846. The molecule has 43 heavy (non-hydrogen) atoms. The summed E-state index contributed by atoms with van der Waals surface area (Å²) in [6, 6.07) is 18.6. The third-order valence-electron chi connectivity index (χ3n) is 8.47. The lowest BCUT2D eigenvalue weighted by molar-refractivity contribution is -0.131. The van der Waals surface area contributed by atoms with Gasteiger partial charge in [0.1, 0.15) is 0 Å². The molecule has 0 fully saturated rings. The monoisotopic (exact) mass is 586 g/mol.